The van der Waals surface area contributed by atoms with Crippen LogP contribution in [0.2, 0.25) is 0 Å². The lowest BCUT2D eigenvalue weighted by Gasteiger charge is -2.28. The highest BCUT2D eigenvalue weighted by molar-refractivity contribution is 5.88. The zero-order chi connectivity index (χ0) is 13.1. The van der Waals surface area contributed by atoms with Crippen LogP contribution in [0.5, 0.6) is 0 Å². The molecule has 0 unspecified atom stereocenters. The Kier molecular flexibility index (Phi) is 3.46. The number of carboxylic acids is 1. The summed E-state index contributed by atoms with van der Waals surface area (Å²) in [5.41, 5.74) is 2.33. The summed E-state index contributed by atoms with van der Waals surface area (Å²) in [5.74, 6) is -0.899. The molecule has 0 bridgehead atoms. The van der Waals surface area contributed by atoms with Gasteiger partial charge in [-0.15, -0.1) is 6.58 Å². The molecule has 0 aromatic heterocycles. The summed E-state index contributed by atoms with van der Waals surface area (Å²) >= 11 is 0. The van der Waals surface area contributed by atoms with Crippen molar-refractivity contribution < 1.29 is 14.7 Å². The van der Waals surface area contributed by atoms with Gasteiger partial charge in [0.1, 0.15) is 0 Å². The standard InChI is InChI=1S/C14H15NO3/c1-2-3-13(16)15-7-6-10-4-5-11(14(17)18)8-12(10)9-15/h2,4-5,8H,1,3,6-7,9H2,(H,17,18). The van der Waals surface area contributed by atoms with E-state index in [1.165, 1.54) is 0 Å². The van der Waals surface area contributed by atoms with Gasteiger partial charge in [-0.3, -0.25) is 4.79 Å². The third kappa shape index (κ3) is 2.42. The van der Waals surface area contributed by atoms with Gasteiger partial charge in [0.05, 0.1) is 5.56 Å². The zero-order valence-electron chi connectivity index (χ0n) is 10.1. The Morgan fingerprint density at radius 1 is 1.39 bits per heavy atom. The molecule has 0 aliphatic carbocycles. The third-order valence-corrected chi connectivity index (χ3v) is 3.14. The second kappa shape index (κ2) is 5.04. The SMILES string of the molecule is C=CCC(=O)N1CCc2ccc(C(=O)O)cc2C1. The largest absolute Gasteiger partial charge is 0.478 e. The molecule has 0 spiro atoms. The van der Waals surface area contributed by atoms with Crippen LogP contribution in [0.15, 0.2) is 30.9 Å². The first-order chi connectivity index (χ1) is 8.61. The number of amides is 1. The summed E-state index contributed by atoms with van der Waals surface area (Å²) in [6, 6.07) is 5.11. The quantitative estimate of drug-likeness (QED) is 0.827. The molecular formula is C14H15NO3. The number of rotatable bonds is 3. The number of hydrogen-bond acceptors (Lipinski definition) is 2. The van der Waals surface area contributed by atoms with Crippen LogP contribution in [0, 0.1) is 0 Å². The van der Waals surface area contributed by atoms with E-state index in [2.05, 4.69) is 6.58 Å². The van der Waals surface area contributed by atoms with Gasteiger partial charge in [-0.1, -0.05) is 12.1 Å². The van der Waals surface area contributed by atoms with Crippen molar-refractivity contribution in [3.8, 4) is 0 Å². The van der Waals surface area contributed by atoms with E-state index < -0.39 is 5.97 Å². The van der Waals surface area contributed by atoms with E-state index in [1.807, 2.05) is 6.07 Å². The molecule has 4 nitrogen and oxygen atoms in total. The number of fused-ring (bicyclic) bond motifs is 1. The second-order valence-corrected chi connectivity index (χ2v) is 4.35. The summed E-state index contributed by atoms with van der Waals surface area (Å²) in [5, 5.41) is 8.95. The molecule has 4 heteroatoms. The van der Waals surface area contributed by atoms with Crippen LogP contribution in [0.25, 0.3) is 0 Å². The summed E-state index contributed by atoms with van der Waals surface area (Å²) in [6.45, 7) is 4.73. The van der Waals surface area contributed by atoms with Crippen molar-refractivity contribution in [2.75, 3.05) is 6.54 Å². The molecule has 18 heavy (non-hydrogen) atoms. The number of nitrogens with zero attached hydrogens (tertiary/aromatic N) is 1. The minimum atomic E-state index is -0.938. The average molecular weight is 245 g/mol. The molecule has 0 atom stereocenters. The van der Waals surface area contributed by atoms with Crippen LogP contribution in [-0.2, 0) is 17.8 Å². The molecule has 1 N–H and O–H groups in total. The van der Waals surface area contributed by atoms with Crippen LogP contribution in [0.3, 0.4) is 0 Å². The van der Waals surface area contributed by atoms with E-state index in [-0.39, 0.29) is 11.5 Å². The highest BCUT2D eigenvalue weighted by Gasteiger charge is 2.20. The van der Waals surface area contributed by atoms with Crippen molar-refractivity contribution in [1.29, 1.82) is 0 Å². The highest BCUT2D eigenvalue weighted by Crippen LogP contribution is 2.21. The summed E-state index contributed by atoms with van der Waals surface area (Å²) < 4.78 is 0. The topological polar surface area (TPSA) is 57.6 Å². The number of carboxylic acid groups (broad SMARTS) is 1. The smallest absolute Gasteiger partial charge is 0.335 e. The first-order valence-electron chi connectivity index (χ1n) is 5.85. The number of benzene rings is 1. The second-order valence-electron chi connectivity index (χ2n) is 4.35. The van der Waals surface area contributed by atoms with Gasteiger partial charge in [0, 0.05) is 19.5 Å². The maximum absolute atomic E-state index is 11.8. The average Bonchev–Trinajstić information content (AvgIpc) is 2.37. The molecule has 1 aliphatic rings. The lowest BCUT2D eigenvalue weighted by atomic mass is 9.97. The van der Waals surface area contributed by atoms with Gasteiger partial charge < -0.3 is 10.0 Å². The number of aromatic carboxylic acids is 1. The fourth-order valence-electron chi connectivity index (χ4n) is 2.16. The van der Waals surface area contributed by atoms with E-state index in [1.54, 1.807) is 23.1 Å². The van der Waals surface area contributed by atoms with Gasteiger partial charge >= 0.3 is 5.97 Å². The van der Waals surface area contributed by atoms with Crippen LogP contribution < -0.4 is 0 Å². The van der Waals surface area contributed by atoms with Crippen molar-refractivity contribution in [2.45, 2.75) is 19.4 Å². The predicted octanol–water partition coefficient (Wildman–Crippen LogP) is 1.85. The first-order valence-corrected chi connectivity index (χ1v) is 5.85. The highest BCUT2D eigenvalue weighted by atomic mass is 16.4. The minimum Gasteiger partial charge on any atom is -0.478 e. The van der Waals surface area contributed by atoms with E-state index in [0.29, 0.717) is 19.5 Å². The Hall–Kier alpha value is -2.10. The molecule has 0 saturated carbocycles. The Morgan fingerprint density at radius 3 is 2.83 bits per heavy atom. The van der Waals surface area contributed by atoms with E-state index >= 15 is 0 Å². The molecule has 2 rings (SSSR count). The van der Waals surface area contributed by atoms with Crippen molar-refractivity contribution in [1.82, 2.24) is 4.90 Å². The fourth-order valence-corrected chi connectivity index (χ4v) is 2.16. The van der Waals surface area contributed by atoms with Gasteiger partial charge in [-0.25, -0.2) is 4.79 Å². The number of carbonyl (C=O) groups excluding carboxylic acids is 1. The van der Waals surface area contributed by atoms with Crippen molar-refractivity contribution in [2.24, 2.45) is 0 Å². The molecule has 0 radical (unpaired) electrons. The minimum absolute atomic E-state index is 0.0383. The molecule has 94 valence electrons. The maximum Gasteiger partial charge on any atom is 0.335 e. The lowest BCUT2D eigenvalue weighted by Crippen LogP contribution is -2.35. The van der Waals surface area contributed by atoms with Crippen LogP contribution in [-0.4, -0.2) is 28.4 Å². The molecule has 1 aliphatic heterocycles. The van der Waals surface area contributed by atoms with Crippen LogP contribution >= 0.6 is 0 Å². The zero-order valence-corrected chi connectivity index (χ0v) is 10.1. The van der Waals surface area contributed by atoms with Crippen molar-refractivity contribution in [3.05, 3.63) is 47.5 Å². The van der Waals surface area contributed by atoms with Gasteiger partial charge in [-0.2, -0.15) is 0 Å². The van der Waals surface area contributed by atoms with Crippen molar-refractivity contribution in [3.63, 3.8) is 0 Å². The first kappa shape index (κ1) is 12.4. The van der Waals surface area contributed by atoms with E-state index in [4.69, 9.17) is 5.11 Å². The lowest BCUT2D eigenvalue weighted by molar-refractivity contribution is -0.131. The Balaban J connectivity index is 2.21. The summed E-state index contributed by atoms with van der Waals surface area (Å²) in [4.78, 5) is 24.4. The number of hydrogen-bond donors (Lipinski definition) is 1. The molecule has 1 heterocycles. The van der Waals surface area contributed by atoms with Crippen molar-refractivity contribution >= 4 is 11.9 Å². The van der Waals surface area contributed by atoms with Gasteiger partial charge in [0.15, 0.2) is 0 Å². The maximum atomic E-state index is 11.8. The van der Waals surface area contributed by atoms with Gasteiger partial charge in [0.2, 0.25) is 5.91 Å². The monoisotopic (exact) mass is 245 g/mol. The normalized spacial score (nSPS) is 13.9. The van der Waals surface area contributed by atoms with Gasteiger partial charge in [-0.05, 0) is 29.7 Å². The molecule has 1 aromatic rings. The molecule has 1 aromatic carbocycles. The number of carbonyl (C=O) groups is 2. The Morgan fingerprint density at radius 2 is 2.17 bits per heavy atom. The molecule has 1 amide bonds. The van der Waals surface area contributed by atoms with Crippen LogP contribution in [0.4, 0.5) is 0 Å². The summed E-state index contributed by atoms with van der Waals surface area (Å²) in [6.07, 6.45) is 2.69. The summed E-state index contributed by atoms with van der Waals surface area (Å²) in [7, 11) is 0. The fraction of sp³-hybridized carbons (Fsp3) is 0.286. The molecule has 0 saturated heterocycles. The molecule has 0 fully saturated rings. The predicted molar refractivity (Wildman–Crippen MR) is 67.3 cm³/mol. The van der Waals surface area contributed by atoms with Gasteiger partial charge in [0.25, 0.3) is 0 Å². The third-order valence-electron chi connectivity index (χ3n) is 3.14. The van der Waals surface area contributed by atoms with E-state index in [0.717, 1.165) is 17.5 Å². The Labute approximate surface area is 106 Å². The Bertz CT molecular complexity index is 508. The van der Waals surface area contributed by atoms with Crippen LogP contribution in [0.1, 0.15) is 27.9 Å². The van der Waals surface area contributed by atoms with E-state index in [9.17, 15) is 9.59 Å². The molecular weight excluding hydrogens is 230 g/mol.